The van der Waals surface area contributed by atoms with E-state index in [1.165, 1.54) is 0 Å². The van der Waals surface area contributed by atoms with Crippen molar-refractivity contribution >= 4 is 17.6 Å². The Morgan fingerprint density at radius 2 is 2.16 bits per heavy atom. The molecule has 0 aliphatic carbocycles. The minimum Gasteiger partial charge on any atom is -0.383 e. The summed E-state index contributed by atoms with van der Waals surface area (Å²) in [6.45, 7) is 4.32. The third-order valence-electron chi connectivity index (χ3n) is 3.98. The van der Waals surface area contributed by atoms with Crippen LogP contribution in [-0.4, -0.2) is 57.5 Å². The van der Waals surface area contributed by atoms with Crippen LogP contribution in [0.15, 0.2) is 17.3 Å². The maximum absolute atomic E-state index is 6.07. The fourth-order valence-electron chi connectivity index (χ4n) is 2.35. The average molecular weight is 368 g/mol. The minimum absolute atomic E-state index is 0.449. The molecule has 0 fully saturated rings. The maximum Gasteiger partial charge on any atom is 0.194 e. The van der Waals surface area contributed by atoms with Crippen LogP contribution in [0.2, 0.25) is 5.02 Å². The Bertz CT molecular complexity index is 722. The Kier molecular flexibility index (Phi) is 6.83. The summed E-state index contributed by atoms with van der Waals surface area (Å²) in [7, 11) is 7.58. The first kappa shape index (κ1) is 19.3. The molecule has 138 valence electrons. The molecular formula is C16H26ClN7O. The van der Waals surface area contributed by atoms with Crippen molar-refractivity contribution < 1.29 is 4.74 Å². The Balaban J connectivity index is 2.11. The number of hydrogen-bond acceptors (Lipinski definition) is 4. The van der Waals surface area contributed by atoms with Crippen LogP contribution in [0.25, 0.3) is 0 Å². The highest BCUT2D eigenvalue weighted by molar-refractivity contribution is 6.30. The molecule has 0 aliphatic rings. The number of methoxy groups -OCH3 is 1. The smallest absolute Gasteiger partial charge is 0.194 e. The van der Waals surface area contributed by atoms with Crippen LogP contribution in [0.4, 0.5) is 0 Å². The molecule has 0 amide bonds. The van der Waals surface area contributed by atoms with Crippen molar-refractivity contribution in [2.24, 2.45) is 19.1 Å². The highest BCUT2D eigenvalue weighted by Crippen LogP contribution is 2.14. The van der Waals surface area contributed by atoms with E-state index in [9.17, 15) is 0 Å². The summed E-state index contributed by atoms with van der Waals surface area (Å²) in [5, 5.41) is 12.3. The first-order chi connectivity index (χ1) is 11.9. The number of aryl methyl sites for hydroxylation is 2. The lowest BCUT2D eigenvalue weighted by Crippen LogP contribution is -2.40. The monoisotopic (exact) mass is 367 g/mol. The topological polar surface area (TPSA) is 72.5 Å². The SMILES string of the molecule is COCCNC(=NCc1nnc(C)n1C)N(C)Cc1cc(Cl)cn1C. The van der Waals surface area contributed by atoms with Crippen molar-refractivity contribution in [3.05, 3.63) is 34.6 Å². The van der Waals surface area contributed by atoms with E-state index < -0.39 is 0 Å². The molecule has 0 unspecified atom stereocenters. The number of aromatic nitrogens is 4. The molecule has 0 saturated carbocycles. The van der Waals surface area contributed by atoms with Gasteiger partial charge < -0.3 is 24.1 Å². The number of nitrogens with zero attached hydrogens (tertiary/aromatic N) is 6. The van der Waals surface area contributed by atoms with Crippen LogP contribution in [0, 0.1) is 6.92 Å². The lowest BCUT2D eigenvalue weighted by atomic mass is 10.4. The molecule has 0 saturated heterocycles. The molecule has 0 spiro atoms. The lowest BCUT2D eigenvalue weighted by Gasteiger charge is -2.22. The van der Waals surface area contributed by atoms with Crippen molar-refractivity contribution in [2.45, 2.75) is 20.0 Å². The summed E-state index contributed by atoms with van der Waals surface area (Å²) in [4.78, 5) is 6.73. The summed E-state index contributed by atoms with van der Waals surface area (Å²) in [5.41, 5.74) is 1.10. The molecule has 2 rings (SSSR count). The molecule has 8 nitrogen and oxygen atoms in total. The van der Waals surface area contributed by atoms with Gasteiger partial charge in [0, 0.05) is 46.7 Å². The molecule has 0 aliphatic heterocycles. The number of hydrogen-bond donors (Lipinski definition) is 1. The van der Waals surface area contributed by atoms with E-state index in [2.05, 4.69) is 20.5 Å². The van der Waals surface area contributed by atoms with E-state index in [0.717, 1.165) is 28.3 Å². The molecule has 2 aromatic rings. The van der Waals surface area contributed by atoms with Gasteiger partial charge in [-0.2, -0.15) is 0 Å². The highest BCUT2D eigenvalue weighted by atomic mass is 35.5. The summed E-state index contributed by atoms with van der Waals surface area (Å²) < 4.78 is 9.06. The second-order valence-electron chi connectivity index (χ2n) is 5.90. The minimum atomic E-state index is 0.449. The number of aliphatic imine (C=N–C) groups is 1. The first-order valence-electron chi connectivity index (χ1n) is 8.06. The van der Waals surface area contributed by atoms with E-state index in [1.54, 1.807) is 7.11 Å². The standard InChI is InChI=1S/C16H26ClN7O/c1-12-20-21-15(24(12)4)9-19-16(18-6-7-25-5)23(3)11-14-8-13(17)10-22(14)2/h8,10H,6-7,9,11H2,1-5H3,(H,18,19). The van der Waals surface area contributed by atoms with E-state index in [1.807, 2.05) is 54.4 Å². The molecule has 0 atom stereocenters. The summed E-state index contributed by atoms with van der Waals surface area (Å²) in [6.07, 6.45) is 1.89. The Morgan fingerprint density at radius 1 is 1.40 bits per heavy atom. The van der Waals surface area contributed by atoms with Gasteiger partial charge in [-0.15, -0.1) is 10.2 Å². The molecule has 1 N–H and O–H groups in total. The fourth-order valence-corrected chi connectivity index (χ4v) is 2.62. The normalized spacial score (nSPS) is 11.8. The molecular weight excluding hydrogens is 342 g/mol. The van der Waals surface area contributed by atoms with Crippen LogP contribution in [-0.2, 0) is 31.9 Å². The molecule has 0 radical (unpaired) electrons. The van der Waals surface area contributed by atoms with Crippen LogP contribution in [0.1, 0.15) is 17.3 Å². The number of guanidine groups is 1. The van der Waals surface area contributed by atoms with Crippen LogP contribution < -0.4 is 5.32 Å². The Labute approximate surface area is 153 Å². The second kappa shape index (κ2) is 8.87. The van der Waals surface area contributed by atoms with Gasteiger partial charge in [0.2, 0.25) is 0 Å². The van der Waals surface area contributed by atoms with Gasteiger partial charge >= 0.3 is 0 Å². The molecule has 9 heteroatoms. The highest BCUT2D eigenvalue weighted by Gasteiger charge is 2.11. The van der Waals surface area contributed by atoms with E-state index in [-0.39, 0.29) is 0 Å². The molecule has 0 bridgehead atoms. The summed E-state index contributed by atoms with van der Waals surface area (Å²) >= 11 is 6.07. The van der Waals surface area contributed by atoms with Gasteiger partial charge in [-0.1, -0.05) is 11.6 Å². The molecule has 0 aromatic carbocycles. The quantitative estimate of drug-likeness (QED) is 0.454. The zero-order valence-corrected chi connectivity index (χ0v) is 16.2. The van der Waals surface area contributed by atoms with Crippen molar-refractivity contribution in [3.8, 4) is 0 Å². The predicted octanol–water partition coefficient (Wildman–Crippen LogP) is 1.34. The molecule has 2 heterocycles. The van der Waals surface area contributed by atoms with Gasteiger partial charge in [-0.05, 0) is 13.0 Å². The largest absolute Gasteiger partial charge is 0.383 e. The van der Waals surface area contributed by atoms with Gasteiger partial charge in [-0.3, -0.25) is 0 Å². The number of rotatable bonds is 7. The average Bonchev–Trinajstić information content (AvgIpc) is 3.05. The van der Waals surface area contributed by atoms with Crippen molar-refractivity contribution in [1.82, 2.24) is 29.5 Å². The van der Waals surface area contributed by atoms with Crippen molar-refractivity contribution in [2.75, 3.05) is 27.3 Å². The molecule has 25 heavy (non-hydrogen) atoms. The fraction of sp³-hybridized carbons (Fsp3) is 0.562. The third kappa shape index (κ3) is 5.20. The van der Waals surface area contributed by atoms with Gasteiger partial charge in [0.05, 0.1) is 18.2 Å². The Morgan fingerprint density at radius 3 is 2.72 bits per heavy atom. The maximum atomic E-state index is 6.07. The van der Waals surface area contributed by atoms with Crippen LogP contribution >= 0.6 is 11.6 Å². The van der Waals surface area contributed by atoms with E-state index >= 15 is 0 Å². The number of nitrogens with one attached hydrogen (secondary N) is 1. The Hall–Kier alpha value is -2.06. The number of ether oxygens (including phenoxy) is 1. The second-order valence-corrected chi connectivity index (χ2v) is 6.33. The summed E-state index contributed by atoms with van der Waals surface area (Å²) in [6, 6.07) is 1.96. The predicted molar refractivity (Wildman–Crippen MR) is 98.6 cm³/mol. The third-order valence-corrected chi connectivity index (χ3v) is 4.18. The number of halogens is 1. The van der Waals surface area contributed by atoms with Crippen LogP contribution in [0.3, 0.4) is 0 Å². The zero-order chi connectivity index (χ0) is 18.4. The van der Waals surface area contributed by atoms with Crippen molar-refractivity contribution in [1.29, 1.82) is 0 Å². The summed E-state index contributed by atoms with van der Waals surface area (Å²) in [5.74, 6) is 2.46. The van der Waals surface area contributed by atoms with Gasteiger partial charge in [-0.25, -0.2) is 4.99 Å². The lowest BCUT2D eigenvalue weighted by molar-refractivity contribution is 0.202. The van der Waals surface area contributed by atoms with Gasteiger partial charge in [0.15, 0.2) is 11.8 Å². The van der Waals surface area contributed by atoms with E-state index in [0.29, 0.717) is 26.2 Å². The first-order valence-corrected chi connectivity index (χ1v) is 8.44. The van der Waals surface area contributed by atoms with Crippen molar-refractivity contribution in [3.63, 3.8) is 0 Å². The zero-order valence-electron chi connectivity index (χ0n) is 15.5. The van der Waals surface area contributed by atoms with E-state index in [4.69, 9.17) is 16.3 Å². The van der Waals surface area contributed by atoms with Gasteiger partial charge in [0.1, 0.15) is 12.4 Å². The van der Waals surface area contributed by atoms with Gasteiger partial charge in [0.25, 0.3) is 0 Å². The molecule has 2 aromatic heterocycles. The van der Waals surface area contributed by atoms with Crippen LogP contribution in [0.5, 0.6) is 0 Å².